The van der Waals surface area contributed by atoms with E-state index in [1.807, 2.05) is 0 Å². The number of methoxy groups -OCH3 is 1. The van der Waals surface area contributed by atoms with Crippen LogP contribution < -0.4 is 20.7 Å². The van der Waals surface area contributed by atoms with Crippen molar-refractivity contribution in [1.82, 2.24) is 5.32 Å². The average molecular weight is 393 g/mol. The normalized spacial score (nSPS) is 23.1. The summed E-state index contributed by atoms with van der Waals surface area (Å²) in [6.07, 6.45) is 4.37. The monoisotopic (exact) mass is 393 g/mol. The summed E-state index contributed by atoms with van der Waals surface area (Å²) in [6, 6.07) is 14.2. The topological polar surface area (TPSA) is 79.5 Å². The Labute approximate surface area is 171 Å². The van der Waals surface area contributed by atoms with E-state index in [1.165, 1.54) is 6.42 Å². The molecule has 152 valence electrons. The van der Waals surface area contributed by atoms with E-state index in [-0.39, 0.29) is 17.2 Å². The summed E-state index contributed by atoms with van der Waals surface area (Å²) in [5.41, 5.74) is 1.67. The predicted molar refractivity (Wildman–Crippen MR) is 113 cm³/mol. The van der Waals surface area contributed by atoms with Gasteiger partial charge >= 0.3 is 0 Å². The Bertz CT molecular complexity index is 879. The molecule has 6 nitrogen and oxygen atoms in total. The lowest BCUT2D eigenvalue weighted by Gasteiger charge is -2.37. The number of rotatable bonds is 5. The number of anilines is 2. The first-order valence-corrected chi connectivity index (χ1v) is 10.2. The zero-order chi connectivity index (χ0) is 20.3. The lowest BCUT2D eigenvalue weighted by Crippen LogP contribution is -2.44. The van der Waals surface area contributed by atoms with Crippen LogP contribution in [0.15, 0.2) is 48.5 Å². The van der Waals surface area contributed by atoms with Gasteiger partial charge < -0.3 is 20.7 Å². The van der Waals surface area contributed by atoms with Crippen LogP contribution in [0.3, 0.4) is 0 Å². The number of nitrogens with one attached hydrogen (secondary N) is 3. The second kappa shape index (κ2) is 8.25. The summed E-state index contributed by atoms with van der Waals surface area (Å²) in [4.78, 5) is 25.5. The van der Waals surface area contributed by atoms with Crippen LogP contribution in [0.4, 0.5) is 11.4 Å². The molecule has 2 atom stereocenters. The molecule has 2 fully saturated rings. The maximum absolute atomic E-state index is 13.0. The lowest BCUT2D eigenvalue weighted by atomic mass is 9.67. The van der Waals surface area contributed by atoms with Crippen LogP contribution in [-0.4, -0.2) is 32.0 Å². The number of hydrogen-bond donors (Lipinski definition) is 3. The molecule has 0 radical (unpaired) electrons. The Balaban J connectivity index is 1.39. The van der Waals surface area contributed by atoms with Crippen molar-refractivity contribution in [3.05, 3.63) is 54.1 Å². The van der Waals surface area contributed by atoms with Crippen molar-refractivity contribution in [3.8, 4) is 5.75 Å². The molecular weight excluding hydrogens is 366 g/mol. The van der Waals surface area contributed by atoms with Gasteiger partial charge in [-0.25, -0.2) is 0 Å². The van der Waals surface area contributed by atoms with Crippen LogP contribution in [0.25, 0.3) is 0 Å². The summed E-state index contributed by atoms with van der Waals surface area (Å²) in [7, 11) is 1.60. The highest BCUT2D eigenvalue weighted by Gasteiger charge is 2.49. The molecule has 0 bridgehead atoms. The van der Waals surface area contributed by atoms with Gasteiger partial charge in [0.05, 0.1) is 12.5 Å². The molecule has 0 unspecified atom stereocenters. The smallest absolute Gasteiger partial charge is 0.255 e. The number of amides is 2. The Morgan fingerprint density at radius 3 is 2.41 bits per heavy atom. The minimum atomic E-state index is -0.289. The molecule has 6 heteroatoms. The molecular formula is C23H27N3O3. The van der Waals surface area contributed by atoms with Gasteiger partial charge in [-0.3, -0.25) is 9.59 Å². The summed E-state index contributed by atoms with van der Waals surface area (Å²) < 4.78 is 5.12. The number of ether oxygens (including phenoxy) is 1. The number of fused-ring (bicyclic) bond motifs is 1. The van der Waals surface area contributed by atoms with Crippen molar-refractivity contribution in [1.29, 1.82) is 0 Å². The maximum atomic E-state index is 13.0. The van der Waals surface area contributed by atoms with Crippen molar-refractivity contribution < 1.29 is 14.3 Å². The fraction of sp³-hybridized carbons (Fsp3) is 0.391. The first-order chi connectivity index (χ1) is 14.1. The van der Waals surface area contributed by atoms with Crippen molar-refractivity contribution in [2.75, 3.05) is 30.8 Å². The van der Waals surface area contributed by atoms with Gasteiger partial charge in [0.15, 0.2) is 0 Å². The van der Waals surface area contributed by atoms with Gasteiger partial charge in [0.2, 0.25) is 5.91 Å². The molecule has 3 N–H and O–H groups in total. The largest absolute Gasteiger partial charge is 0.497 e. The Hall–Kier alpha value is -2.86. The summed E-state index contributed by atoms with van der Waals surface area (Å²) in [6.45, 7) is 1.68. The molecule has 4 rings (SSSR count). The maximum Gasteiger partial charge on any atom is 0.255 e. The molecule has 2 aromatic rings. The number of hydrogen-bond acceptors (Lipinski definition) is 4. The van der Waals surface area contributed by atoms with Crippen LogP contribution in [0.5, 0.6) is 5.75 Å². The van der Waals surface area contributed by atoms with Gasteiger partial charge in [-0.15, -0.1) is 0 Å². The van der Waals surface area contributed by atoms with Crippen LogP contribution in [-0.2, 0) is 4.79 Å². The minimum Gasteiger partial charge on any atom is -0.497 e. The van der Waals surface area contributed by atoms with Gasteiger partial charge in [0, 0.05) is 23.5 Å². The van der Waals surface area contributed by atoms with Crippen molar-refractivity contribution >= 4 is 23.2 Å². The van der Waals surface area contributed by atoms with E-state index >= 15 is 0 Å². The third-order valence-electron chi connectivity index (χ3n) is 6.24. The van der Waals surface area contributed by atoms with Crippen molar-refractivity contribution in [3.63, 3.8) is 0 Å². The van der Waals surface area contributed by atoms with E-state index in [4.69, 9.17) is 4.74 Å². The molecule has 1 heterocycles. The fourth-order valence-corrected chi connectivity index (χ4v) is 4.53. The van der Waals surface area contributed by atoms with E-state index in [2.05, 4.69) is 16.0 Å². The van der Waals surface area contributed by atoms with E-state index in [9.17, 15) is 9.59 Å². The molecule has 0 spiro atoms. The van der Waals surface area contributed by atoms with E-state index in [0.717, 1.165) is 43.8 Å². The highest BCUT2D eigenvalue weighted by atomic mass is 16.5. The summed E-state index contributed by atoms with van der Waals surface area (Å²) in [5.74, 6) is 1.06. The molecule has 2 aliphatic rings. The second-order valence-corrected chi connectivity index (χ2v) is 7.94. The minimum absolute atomic E-state index is 0.0997. The first kappa shape index (κ1) is 19.5. The van der Waals surface area contributed by atoms with Crippen molar-refractivity contribution in [2.24, 2.45) is 11.3 Å². The number of carbonyl (C=O) groups is 2. The summed E-state index contributed by atoms with van der Waals surface area (Å²) in [5, 5.41) is 9.34. The quantitative estimate of drug-likeness (QED) is 0.724. The average Bonchev–Trinajstić information content (AvgIpc) is 3.20. The third-order valence-corrected chi connectivity index (χ3v) is 6.24. The van der Waals surface area contributed by atoms with E-state index < -0.39 is 0 Å². The van der Waals surface area contributed by atoms with Crippen LogP contribution in [0.1, 0.15) is 36.0 Å². The number of benzene rings is 2. The van der Waals surface area contributed by atoms with Gasteiger partial charge in [0.25, 0.3) is 5.91 Å². The fourth-order valence-electron chi connectivity index (χ4n) is 4.53. The lowest BCUT2D eigenvalue weighted by molar-refractivity contribution is -0.128. The molecule has 29 heavy (non-hydrogen) atoms. The Kier molecular flexibility index (Phi) is 5.53. The molecule has 0 aromatic heterocycles. The zero-order valence-corrected chi connectivity index (χ0v) is 16.7. The summed E-state index contributed by atoms with van der Waals surface area (Å²) >= 11 is 0. The predicted octanol–water partition coefficient (Wildman–Crippen LogP) is 3.67. The van der Waals surface area contributed by atoms with Gasteiger partial charge in [-0.2, -0.15) is 0 Å². The molecule has 2 aromatic carbocycles. The molecule has 1 saturated carbocycles. The van der Waals surface area contributed by atoms with Gasteiger partial charge in [-0.05, 0) is 73.8 Å². The van der Waals surface area contributed by atoms with Crippen LogP contribution in [0.2, 0.25) is 0 Å². The standard InChI is InChI=1S/C23H27N3O3/c1-29-20-11-9-18(10-12-20)25-21(27)16-5-7-19(8-6-16)26-22(28)23-13-3-2-4-17(23)14-24-15-23/h5-12,17,24H,2-4,13-15H2,1H3,(H,25,27)(H,26,28)/t17-,23+/m0/s1. The second-order valence-electron chi connectivity index (χ2n) is 7.94. The SMILES string of the molecule is COc1ccc(NC(=O)c2ccc(NC(=O)[C@@]34CCCC[C@H]3CNC4)cc2)cc1. The van der Waals surface area contributed by atoms with E-state index in [0.29, 0.717) is 17.2 Å². The van der Waals surface area contributed by atoms with E-state index in [1.54, 1.807) is 55.6 Å². The first-order valence-electron chi connectivity index (χ1n) is 10.2. The molecule has 2 amide bonds. The highest BCUT2D eigenvalue weighted by molar-refractivity contribution is 6.04. The molecule has 1 aliphatic carbocycles. The highest BCUT2D eigenvalue weighted by Crippen LogP contribution is 2.44. The molecule has 1 aliphatic heterocycles. The Morgan fingerprint density at radius 2 is 1.69 bits per heavy atom. The zero-order valence-electron chi connectivity index (χ0n) is 16.7. The van der Waals surface area contributed by atoms with Crippen molar-refractivity contribution in [2.45, 2.75) is 25.7 Å². The van der Waals surface area contributed by atoms with Gasteiger partial charge in [0.1, 0.15) is 5.75 Å². The third kappa shape index (κ3) is 3.98. The van der Waals surface area contributed by atoms with Crippen LogP contribution in [0, 0.1) is 11.3 Å². The van der Waals surface area contributed by atoms with Crippen LogP contribution >= 0.6 is 0 Å². The number of carbonyl (C=O) groups excluding carboxylic acids is 2. The molecule has 1 saturated heterocycles. The van der Waals surface area contributed by atoms with Gasteiger partial charge in [-0.1, -0.05) is 12.8 Å². The Morgan fingerprint density at radius 1 is 1.00 bits per heavy atom.